The quantitative estimate of drug-likeness (QED) is 0.357. The molecule has 5 nitrogen and oxygen atoms in total. The molecule has 0 unspecified atom stereocenters. The Labute approximate surface area is 223 Å². The van der Waals surface area contributed by atoms with Crippen LogP contribution in [0, 0.1) is 5.41 Å². The first-order chi connectivity index (χ1) is 16.9. The predicted molar refractivity (Wildman–Crippen MR) is 147 cm³/mol. The fraction of sp³-hybridized carbons (Fsp3) is 0.259. The van der Waals surface area contributed by atoms with Crippen molar-refractivity contribution in [1.29, 1.82) is 0 Å². The SMILES string of the molecule is CC1=NN(c2ccc(Cl)cc2)C(=O)[C@]12Cc1cc(Br)ccc1N1CCN(c3cccc(Cl)c3)C[C@H]12. The fourth-order valence-corrected chi connectivity index (χ4v) is 6.49. The standard InChI is InChI=1S/C27H23BrCl2N4O/c1-17-27(26(35)34(31-17)22-8-6-20(29)7-9-22)15-18-13-19(28)5-10-24(18)33-12-11-32(16-25(27)33)23-4-2-3-21(30)14-23/h2-10,13-14,25H,11-12,15-16H2,1H3/t25-,27+/m0/s1. The molecule has 3 aliphatic rings. The van der Waals surface area contributed by atoms with Crippen molar-refractivity contribution in [2.75, 3.05) is 34.4 Å². The first-order valence-electron chi connectivity index (χ1n) is 11.6. The molecule has 1 saturated heterocycles. The van der Waals surface area contributed by atoms with Gasteiger partial charge < -0.3 is 9.80 Å². The number of fused-ring (bicyclic) bond motifs is 4. The van der Waals surface area contributed by atoms with Crippen LogP contribution < -0.4 is 14.8 Å². The van der Waals surface area contributed by atoms with E-state index in [4.69, 9.17) is 28.3 Å². The summed E-state index contributed by atoms with van der Waals surface area (Å²) >= 11 is 16.1. The lowest BCUT2D eigenvalue weighted by atomic mass is 9.67. The van der Waals surface area contributed by atoms with Gasteiger partial charge in [-0.25, -0.2) is 0 Å². The molecule has 2 atom stereocenters. The molecule has 3 aromatic carbocycles. The van der Waals surface area contributed by atoms with Crippen LogP contribution in [-0.2, 0) is 11.2 Å². The van der Waals surface area contributed by atoms with Crippen LogP contribution in [0.2, 0.25) is 10.0 Å². The number of nitrogens with zero attached hydrogens (tertiary/aromatic N) is 4. The van der Waals surface area contributed by atoms with Gasteiger partial charge in [-0.05, 0) is 79.6 Å². The molecule has 6 rings (SSSR count). The Morgan fingerprint density at radius 3 is 2.54 bits per heavy atom. The van der Waals surface area contributed by atoms with Crippen LogP contribution in [0.25, 0.3) is 0 Å². The van der Waals surface area contributed by atoms with E-state index in [1.54, 1.807) is 17.1 Å². The zero-order valence-electron chi connectivity index (χ0n) is 19.1. The second kappa shape index (κ2) is 8.54. The Balaban J connectivity index is 1.46. The Morgan fingerprint density at radius 1 is 0.971 bits per heavy atom. The van der Waals surface area contributed by atoms with Crippen LogP contribution in [0.3, 0.4) is 0 Å². The summed E-state index contributed by atoms with van der Waals surface area (Å²) in [5.74, 6) is 0.00546. The number of hydrogen-bond donors (Lipinski definition) is 0. The zero-order valence-corrected chi connectivity index (χ0v) is 22.2. The molecular weight excluding hydrogens is 547 g/mol. The van der Waals surface area contributed by atoms with Gasteiger partial charge in [-0.2, -0.15) is 10.1 Å². The van der Waals surface area contributed by atoms with Crippen molar-refractivity contribution in [3.63, 3.8) is 0 Å². The molecule has 178 valence electrons. The highest BCUT2D eigenvalue weighted by Gasteiger charge is 2.60. The second-order valence-electron chi connectivity index (χ2n) is 9.34. The molecule has 3 aliphatic heterocycles. The van der Waals surface area contributed by atoms with E-state index >= 15 is 0 Å². The van der Waals surface area contributed by atoms with E-state index in [0.717, 1.165) is 40.2 Å². The molecule has 1 spiro atoms. The Kier molecular flexibility index (Phi) is 5.59. The Hall–Kier alpha value is -2.54. The molecule has 0 bridgehead atoms. The Morgan fingerprint density at radius 2 is 1.77 bits per heavy atom. The minimum atomic E-state index is -0.773. The van der Waals surface area contributed by atoms with Gasteiger partial charge in [0.2, 0.25) is 0 Å². The lowest BCUT2D eigenvalue weighted by Gasteiger charge is -2.53. The molecule has 0 saturated carbocycles. The van der Waals surface area contributed by atoms with E-state index in [9.17, 15) is 4.79 Å². The van der Waals surface area contributed by atoms with E-state index in [0.29, 0.717) is 23.0 Å². The van der Waals surface area contributed by atoms with Crippen LogP contribution in [-0.4, -0.2) is 37.3 Å². The van der Waals surface area contributed by atoms with Crippen molar-refractivity contribution in [3.05, 3.63) is 86.8 Å². The van der Waals surface area contributed by atoms with Crippen LogP contribution in [0.1, 0.15) is 12.5 Å². The van der Waals surface area contributed by atoms with Gasteiger partial charge >= 0.3 is 0 Å². The number of carbonyl (C=O) groups is 1. The summed E-state index contributed by atoms with van der Waals surface area (Å²) in [6.07, 6.45) is 0.602. The van der Waals surface area contributed by atoms with Gasteiger partial charge in [-0.1, -0.05) is 45.2 Å². The monoisotopic (exact) mass is 568 g/mol. The highest BCUT2D eigenvalue weighted by Crippen LogP contribution is 2.49. The maximum atomic E-state index is 14.3. The Bertz CT molecular complexity index is 1360. The summed E-state index contributed by atoms with van der Waals surface area (Å²) in [6.45, 7) is 4.33. The molecule has 0 N–H and O–H groups in total. The summed E-state index contributed by atoms with van der Waals surface area (Å²) in [7, 11) is 0. The molecule has 3 heterocycles. The highest BCUT2D eigenvalue weighted by atomic mass is 79.9. The third-order valence-corrected chi connectivity index (χ3v) is 8.46. The number of amides is 1. The van der Waals surface area contributed by atoms with Crippen LogP contribution in [0.4, 0.5) is 17.1 Å². The predicted octanol–water partition coefficient (Wildman–Crippen LogP) is 6.42. The largest absolute Gasteiger partial charge is 0.368 e. The van der Waals surface area contributed by atoms with Gasteiger partial charge in [-0.15, -0.1) is 0 Å². The summed E-state index contributed by atoms with van der Waals surface area (Å²) in [4.78, 5) is 19.1. The van der Waals surface area contributed by atoms with E-state index < -0.39 is 5.41 Å². The topological polar surface area (TPSA) is 39.2 Å². The highest BCUT2D eigenvalue weighted by molar-refractivity contribution is 9.10. The summed E-state index contributed by atoms with van der Waals surface area (Å²) < 4.78 is 1.01. The first-order valence-corrected chi connectivity index (χ1v) is 13.1. The van der Waals surface area contributed by atoms with Gasteiger partial charge in [0.1, 0.15) is 5.41 Å². The van der Waals surface area contributed by atoms with Gasteiger partial charge in [0, 0.05) is 45.5 Å². The number of halogens is 3. The number of rotatable bonds is 2. The summed E-state index contributed by atoms with van der Waals surface area (Å²) in [5, 5.41) is 7.72. The minimum Gasteiger partial charge on any atom is -0.368 e. The number of anilines is 3. The third-order valence-electron chi connectivity index (χ3n) is 7.48. The van der Waals surface area contributed by atoms with E-state index in [-0.39, 0.29) is 11.9 Å². The van der Waals surface area contributed by atoms with Gasteiger partial charge in [0.25, 0.3) is 5.91 Å². The van der Waals surface area contributed by atoms with Gasteiger partial charge in [0.05, 0.1) is 17.4 Å². The maximum Gasteiger partial charge on any atom is 0.261 e. The van der Waals surface area contributed by atoms with Crippen molar-refractivity contribution in [2.24, 2.45) is 10.5 Å². The number of benzene rings is 3. The normalized spacial score (nSPS) is 23.4. The molecule has 0 aliphatic carbocycles. The lowest BCUT2D eigenvalue weighted by molar-refractivity contribution is -0.125. The fourth-order valence-electron chi connectivity index (χ4n) is 5.77. The lowest BCUT2D eigenvalue weighted by Crippen LogP contribution is -2.67. The van der Waals surface area contributed by atoms with Gasteiger partial charge in [-0.3, -0.25) is 4.79 Å². The van der Waals surface area contributed by atoms with E-state index in [1.807, 2.05) is 37.3 Å². The number of hydrogen-bond acceptors (Lipinski definition) is 4. The maximum absolute atomic E-state index is 14.3. The second-order valence-corrected chi connectivity index (χ2v) is 11.1. The molecule has 1 fully saturated rings. The number of piperazine rings is 1. The van der Waals surface area contributed by atoms with Crippen molar-refractivity contribution < 1.29 is 4.79 Å². The van der Waals surface area contributed by atoms with Crippen molar-refractivity contribution >= 4 is 67.8 Å². The van der Waals surface area contributed by atoms with Crippen LogP contribution in [0.5, 0.6) is 0 Å². The molecule has 8 heteroatoms. The van der Waals surface area contributed by atoms with Crippen LogP contribution >= 0.6 is 39.1 Å². The number of carbonyl (C=O) groups excluding carboxylic acids is 1. The van der Waals surface area contributed by atoms with Crippen molar-refractivity contribution in [2.45, 2.75) is 19.4 Å². The molecule has 3 aromatic rings. The van der Waals surface area contributed by atoms with Crippen molar-refractivity contribution in [1.82, 2.24) is 0 Å². The molecule has 0 aromatic heterocycles. The average molecular weight is 570 g/mol. The average Bonchev–Trinajstić information content (AvgIpc) is 3.09. The summed E-state index contributed by atoms with van der Waals surface area (Å²) in [6, 6.07) is 21.5. The smallest absolute Gasteiger partial charge is 0.261 e. The van der Waals surface area contributed by atoms with E-state index in [1.165, 1.54) is 5.69 Å². The molecular formula is C27H23BrCl2N4O. The van der Waals surface area contributed by atoms with Gasteiger partial charge in [0.15, 0.2) is 0 Å². The molecule has 1 amide bonds. The molecule has 35 heavy (non-hydrogen) atoms. The van der Waals surface area contributed by atoms with E-state index in [2.05, 4.69) is 50.0 Å². The first kappa shape index (κ1) is 22.9. The zero-order chi connectivity index (χ0) is 24.3. The van der Waals surface area contributed by atoms with Crippen LogP contribution in [0.15, 0.2) is 76.3 Å². The molecule has 0 radical (unpaired) electrons. The minimum absolute atomic E-state index is 0.00546. The third kappa shape index (κ3) is 3.65. The summed E-state index contributed by atoms with van der Waals surface area (Å²) in [5.41, 5.74) is 4.22. The van der Waals surface area contributed by atoms with Crippen molar-refractivity contribution in [3.8, 4) is 0 Å². The number of hydrazone groups is 1.